The van der Waals surface area contributed by atoms with Crippen molar-refractivity contribution >= 4 is 29.9 Å². The van der Waals surface area contributed by atoms with Crippen molar-refractivity contribution in [2.24, 2.45) is 16.3 Å². The maximum atomic E-state index is 6.19. The normalized spacial score (nSPS) is 26.5. The van der Waals surface area contributed by atoms with Gasteiger partial charge in [-0.1, -0.05) is 18.6 Å². The molecule has 31 heavy (non-hydrogen) atoms. The number of guanidine groups is 1. The summed E-state index contributed by atoms with van der Waals surface area (Å²) in [4.78, 5) is 4.47. The lowest BCUT2D eigenvalue weighted by molar-refractivity contribution is -0.168. The van der Waals surface area contributed by atoms with Crippen LogP contribution in [0.4, 0.5) is 0 Å². The van der Waals surface area contributed by atoms with Crippen LogP contribution in [0.2, 0.25) is 0 Å². The van der Waals surface area contributed by atoms with Crippen LogP contribution in [-0.2, 0) is 16.0 Å². The molecule has 2 N–H and O–H groups in total. The van der Waals surface area contributed by atoms with E-state index in [0.29, 0.717) is 36.6 Å². The molecule has 1 aromatic carbocycles. The molecule has 1 aliphatic heterocycles. The molecule has 3 aliphatic rings. The summed E-state index contributed by atoms with van der Waals surface area (Å²) in [5.41, 5.74) is 2.68. The number of aryl methyl sites for hydroxylation is 1. The number of hydrogen-bond acceptors (Lipinski definition) is 4. The van der Waals surface area contributed by atoms with Gasteiger partial charge < -0.3 is 24.8 Å². The van der Waals surface area contributed by atoms with E-state index in [1.165, 1.54) is 24.8 Å². The molecule has 1 saturated heterocycles. The number of nitrogens with one attached hydrogen (secondary N) is 2. The zero-order valence-corrected chi connectivity index (χ0v) is 21.4. The van der Waals surface area contributed by atoms with E-state index in [1.807, 2.05) is 7.05 Å². The maximum absolute atomic E-state index is 6.19. The number of benzene rings is 1. The molecule has 3 atom stereocenters. The minimum Gasteiger partial charge on any atom is -0.493 e. The molecule has 4 rings (SSSR count). The van der Waals surface area contributed by atoms with Gasteiger partial charge in [-0.15, -0.1) is 24.0 Å². The number of hydrogen-bond donors (Lipinski definition) is 2. The summed E-state index contributed by atoms with van der Waals surface area (Å²) in [6, 6.07) is 6.87. The van der Waals surface area contributed by atoms with Crippen molar-refractivity contribution < 1.29 is 14.2 Å². The molecule has 1 aromatic rings. The van der Waals surface area contributed by atoms with Gasteiger partial charge in [-0.05, 0) is 51.2 Å². The first-order chi connectivity index (χ1) is 14.6. The molecule has 6 nitrogen and oxygen atoms in total. The van der Waals surface area contributed by atoms with E-state index in [4.69, 9.17) is 14.2 Å². The second kappa shape index (κ2) is 11.2. The van der Waals surface area contributed by atoms with Gasteiger partial charge in [0.25, 0.3) is 0 Å². The molecule has 3 unspecified atom stereocenters. The van der Waals surface area contributed by atoms with Crippen LogP contribution >= 0.6 is 24.0 Å². The molecular weight excluding hydrogens is 505 g/mol. The van der Waals surface area contributed by atoms with E-state index >= 15 is 0 Å². The Kier molecular flexibility index (Phi) is 8.87. The smallest absolute Gasteiger partial charge is 0.191 e. The third kappa shape index (κ3) is 5.47. The van der Waals surface area contributed by atoms with E-state index in [1.54, 1.807) is 0 Å². The van der Waals surface area contributed by atoms with Gasteiger partial charge in [0.05, 0.1) is 19.3 Å². The van der Waals surface area contributed by atoms with E-state index in [0.717, 1.165) is 49.9 Å². The predicted molar refractivity (Wildman–Crippen MR) is 134 cm³/mol. The zero-order chi connectivity index (χ0) is 21.0. The van der Waals surface area contributed by atoms with E-state index in [2.05, 4.69) is 47.7 Å². The van der Waals surface area contributed by atoms with Crippen LogP contribution in [0.25, 0.3) is 0 Å². The van der Waals surface area contributed by atoms with Crippen molar-refractivity contribution in [3.8, 4) is 5.75 Å². The van der Waals surface area contributed by atoms with Gasteiger partial charge in [-0.3, -0.25) is 4.99 Å². The first kappa shape index (κ1) is 24.6. The van der Waals surface area contributed by atoms with Crippen molar-refractivity contribution in [3.63, 3.8) is 0 Å². The van der Waals surface area contributed by atoms with Crippen molar-refractivity contribution in [1.29, 1.82) is 0 Å². The average Bonchev–Trinajstić information content (AvgIpc) is 3.21. The molecule has 1 heterocycles. The van der Waals surface area contributed by atoms with Gasteiger partial charge in [0.2, 0.25) is 0 Å². The SMILES string of the molecule is CCOC1CC(NC(=NC)NCc2ccc(C)cc2OCC2CCOC2)C12CCC2.I. The Morgan fingerprint density at radius 2 is 2.16 bits per heavy atom. The molecule has 3 fully saturated rings. The molecule has 0 amide bonds. The van der Waals surface area contributed by atoms with Crippen LogP contribution in [-0.4, -0.2) is 51.6 Å². The van der Waals surface area contributed by atoms with Crippen molar-refractivity contribution in [1.82, 2.24) is 10.6 Å². The summed E-state index contributed by atoms with van der Waals surface area (Å²) in [5, 5.41) is 7.16. The summed E-state index contributed by atoms with van der Waals surface area (Å²) in [7, 11) is 1.84. The lowest BCUT2D eigenvalue weighted by Gasteiger charge is -2.61. The molecule has 174 valence electrons. The highest BCUT2D eigenvalue weighted by molar-refractivity contribution is 14.0. The van der Waals surface area contributed by atoms with Crippen LogP contribution in [0.1, 0.15) is 50.2 Å². The molecule has 2 aliphatic carbocycles. The van der Waals surface area contributed by atoms with Crippen LogP contribution in [0.3, 0.4) is 0 Å². The standard InChI is InChI=1S/C24H37N3O3.HI/c1-4-29-22-13-21(24(22)9-5-10-24)27-23(25-3)26-14-19-7-6-17(2)12-20(19)30-16-18-8-11-28-15-18;/h6-7,12,18,21-22H,4-5,8-11,13-16H2,1-3H3,(H2,25,26,27);1H. The van der Waals surface area contributed by atoms with Gasteiger partial charge in [0.15, 0.2) is 5.96 Å². The Morgan fingerprint density at radius 3 is 2.81 bits per heavy atom. The van der Waals surface area contributed by atoms with Gasteiger partial charge in [0.1, 0.15) is 5.75 Å². The Hall–Kier alpha value is -1.06. The number of halogens is 1. The maximum Gasteiger partial charge on any atom is 0.191 e. The first-order valence-electron chi connectivity index (χ1n) is 11.5. The Bertz CT molecular complexity index is 748. The first-order valence-corrected chi connectivity index (χ1v) is 11.5. The highest BCUT2D eigenvalue weighted by Crippen LogP contribution is 2.57. The van der Waals surface area contributed by atoms with Crippen LogP contribution < -0.4 is 15.4 Å². The highest BCUT2D eigenvalue weighted by atomic mass is 127. The molecular formula is C24H38IN3O3. The largest absolute Gasteiger partial charge is 0.493 e. The fraction of sp³-hybridized carbons (Fsp3) is 0.708. The number of aliphatic imine (C=N–C) groups is 1. The fourth-order valence-corrected chi connectivity index (χ4v) is 5.04. The lowest BCUT2D eigenvalue weighted by atomic mass is 9.51. The Balaban J connectivity index is 0.00000272. The fourth-order valence-electron chi connectivity index (χ4n) is 5.04. The average molecular weight is 543 g/mol. The molecule has 0 aromatic heterocycles. The summed E-state index contributed by atoms with van der Waals surface area (Å²) in [5.74, 6) is 2.31. The second-order valence-electron chi connectivity index (χ2n) is 9.04. The third-order valence-electron chi connectivity index (χ3n) is 7.14. The van der Waals surface area contributed by atoms with Crippen molar-refractivity contribution in [2.45, 2.75) is 64.6 Å². The lowest BCUT2D eigenvalue weighted by Crippen LogP contribution is -2.68. The monoisotopic (exact) mass is 543 g/mol. The van der Waals surface area contributed by atoms with Crippen LogP contribution in [0.5, 0.6) is 5.75 Å². The topological polar surface area (TPSA) is 64.1 Å². The molecule has 1 spiro atoms. The minimum absolute atomic E-state index is 0. The van der Waals surface area contributed by atoms with E-state index in [-0.39, 0.29) is 24.0 Å². The van der Waals surface area contributed by atoms with Crippen molar-refractivity contribution in [2.75, 3.05) is 33.5 Å². The molecule has 0 radical (unpaired) electrons. The number of rotatable bonds is 8. The van der Waals surface area contributed by atoms with Gasteiger partial charge >= 0.3 is 0 Å². The highest BCUT2D eigenvalue weighted by Gasteiger charge is 2.59. The van der Waals surface area contributed by atoms with Gasteiger partial charge in [-0.2, -0.15) is 0 Å². The predicted octanol–water partition coefficient (Wildman–Crippen LogP) is 4.04. The van der Waals surface area contributed by atoms with E-state index < -0.39 is 0 Å². The summed E-state index contributed by atoms with van der Waals surface area (Å²) in [6.07, 6.45) is 6.38. The Labute approximate surface area is 203 Å². The minimum atomic E-state index is 0. The third-order valence-corrected chi connectivity index (χ3v) is 7.14. The van der Waals surface area contributed by atoms with Crippen molar-refractivity contribution in [3.05, 3.63) is 29.3 Å². The van der Waals surface area contributed by atoms with Crippen LogP contribution in [0, 0.1) is 18.3 Å². The van der Waals surface area contributed by atoms with Gasteiger partial charge in [-0.25, -0.2) is 0 Å². The summed E-state index contributed by atoms with van der Waals surface area (Å²) in [6.45, 7) is 8.06. The summed E-state index contributed by atoms with van der Waals surface area (Å²) < 4.78 is 17.6. The molecule has 0 bridgehead atoms. The summed E-state index contributed by atoms with van der Waals surface area (Å²) >= 11 is 0. The Morgan fingerprint density at radius 1 is 1.32 bits per heavy atom. The molecule has 2 saturated carbocycles. The van der Waals surface area contributed by atoms with Gasteiger partial charge in [0, 0.05) is 49.7 Å². The number of ether oxygens (including phenoxy) is 3. The second-order valence-corrected chi connectivity index (χ2v) is 9.04. The van der Waals surface area contributed by atoms with Crippen LogP contribution in [0.15, 0.2) is 23.2 Å². The van der Waals surface area contributed by atoms with E-state index in [9.17, 15) is 0 Å². The molecule has 7 heteroatoms. The number of nitrogens with zero attached hydrogens (tertiary/aromatic N) is 1. The quantitative estimate of drug-likeness (QED) is 0.295. The zero-order valence-electron chi connectivity index (χ0n) is 19.1.